The number of hydrogen-bond acceptors (Lipinski definition) is 1. The Morgan fingerprint density at radius 2 is 1.87 bits per heavy atom. The zero-order chi connectivity index (χ0) is 10.3. The minimum Gasteiger partial charge on any atom is -0.291 e. The summed E-state index contributed by atoms with van der Waals surface area (Å²) in [6.07, 6.45) is 6.02. The number of hydrogen-bond donors (Lipinski definition) is 0. The molecule has 82 valence electrons. The van der Waals surface area contributed by atoms with Crippen molar-refractivity contribution >= 4 is 15.9 Å². The summed E-state index contributed by atoms with van der Waals surface area (Å²) in [7, 11) is 0. The topological polar surface area (TPSA) is 3.24 Å². The molecule has 0 aromatic heterocycles. The van der Waals surface area contributed by atoms with Crippen LogP contribution < -0.4 is 0 Å². The van der Waals surface area contributed by atoms with Crippen molar-refractivity contribution in [3.8, 4) is 0 Å². The van der Waals surface area contributed by atoms with Gasteiger partial charge in [-0.3, -0.25) is 9.38 Å². The van der Waals surface area contributed by atoms with E-state index in [0.29, 0.717) is 0 Å². The van der Waals surface area contributed by atoms with Crippen molar-refractivity contribution in [2.75, 3.05) is 44.6 Å². The SMILES string of the molecule is BrCC1=CCC([N+]23CCN(CC2)CC3)=C1. The molecule has 0 radical (unpaired) electrons. The first-order valence-electron chi connectivity index (χ1n) is 5.87. The Hall–Kier alpha value is -0.120. The standard InChI is InChI=1S/C12H18BrN2/c13-10-11-1-2-12(9-11)15-6-3-14(4-7-15)5-8-15/h1,9H,2-8,10H2/q+1. The van der Waals surface area contributed by atoms with E-state index in [4.69, 9.17) is 0 Å². The van der Waals surface area contributed by atoms with Gasteiger partial charge in [0.25, 0.3) is 0 Å². The normalized spacial score (nSPS) is 39.1. The second-order valence-electron chi connectivity index (χ2n) is 4.91. The third kappa shape index (κ3) is 1.61. The smallest absolute Gasteiger partial charge is 0.113 e. The van der Waals surface area contributed by atoms with Crippen LogP contribution >= 0.6 is 15.9 Å². The highest BCUT2D eigenvalue weighted by molar-refractivity contribution is 9.09. The largest absolute Gasteiger partial charge is 0.291 e. The van der Waals surface area contributed by atoms with Crippen LogP contribution in [-0.4, -0.2) is 54.0 Å². The van der Waals surface area contributed by atoms with E-state index in [1.165, 1.54) is 55.7 Å². The average Bonchev–Trinajstić information content (AvgIpc) is 2.81. The Kier molecular flexibility index (Phi) is 2.49. The second-order valence-corrected chi connectivity index (χ2v) is 5.47. The molecule has 3 aliphatic heterocycles. The lowest BCUT2D eigenvalue weighted by molar-refractivity contribution is -0.906. The van der Waals surface area contributed by atoms with Crippen molar-refractivity contribution in [2.45, 2.75) is 6.42 Å². The Morgan fingerprint density at radius 3 is 2.40 bits per heavy atom. The highest BCUT2D eigenvalue weighted by Crippen LogP contribution is 2.32. The summed E-state index contributed by atoms with van der Waals surface area (Å²) in [5.74, 6) is 0. The minimum absolute atomic E-state index is 1.02. The third-order valence-corrected chi connectivity index (χ3v) is 4.87. The summed E-state index contributed by atoms with van der Waals surface area (Å²) in [5.41, 5.74) is 3.15. The van der Waals surface area contributed by atoms with E-state index in [-0.39, 0.29) is 0 Å². The van der Waals surface area contributed by atoms with E-state index in [1.807, 2.05) is 0 Å². The van der Waals surface area contributed by atoms with Crippen molar-refractivity contribution in [2.24, 2.45) is 0 Å². The fourth-order valence-electron chi connectivity index (χ4n) is 3.09. The molecule has 0 aromatic rings. The molecule has 0 amide bonds. The Balaban J connectivity index is 1.82. The fraction of sp³-hybridized carbons (Fsp3) is 0.667. The van der Waals surface area contributed by atoms with Gasteiger partial charge in [0.2, 0.25) is 0 Å². The molecule has 0 spiro atoms. The van der Waals surface area contributed by atoms with Crippen LogP contribution in [0.2, 0.25) is 0 Å². The Bertz CT molecular complexity index is 311. The van der Waals surface area contributed by atoms with Gasteiger partial charge in [-0.1, -0.05) is 22.0 Å². The number of fused-ring (bicyclic) bond motifs is 3. The van der Waals surface area contributed by atoms with Gasteiger partial charge < -0.3 is 0 Å². The molecule has 0 N–H and O–H groups in total. The van der Waals surface area contributed by atoms with E-state index in [2.05, 4.69) is 33.0 Å². The molecule has 3 heterocycles. The molecule has 4 rings (SSSR count). The van der Waals surface area contributed by atoms with Crippen molar-refractivity contribution in [1.82, 2.24) is 4.90 Å². The minimum atomic E-state index is 1.02. The van der Waals surface area contributed by atoms with Gasteiger partial charge in [0.1, 0.15) is 5.70 Å². The van der Waals surface area contributed by atoms with Gasteiger partial charge in [0, 0.05) is 31.4 Å². The lowest BCUT2D eigenvalue weighted by Gasteiger charge is -2.50. The first-order chi connectivity index (χ1) is 7.32. The van der Waals surface area contributed by atoms with E-state index < -0.39 is 0 Å². The molecule has 2 bridgehead atoms. The van der Waals surface area contributed by atoms with Crippen LogP contribution in [0.25, 0.3) is 0 Å². The maximum Gasteiger partial charge on any atom is 0.113 e. The number of quaternary nitrogens is 1. The fourth-order valence-corrected chi connectivity index (χ4v) is 3.48. The molecule has 2 nitrogen and oxygen atoms in total. The summed E-state index contributed by atoms with van der Waals surface area (Å²) in [6.45, 7) is 7.95. The molecule has 3 saturated heterocycles. The molecule has 15 heavy (non-hydrogen) atoms. The van der Waals surface area contributed by atoms with Gasteiger partial charge in [-0.05, 0) is 11.6 Å². The van der Waals surface area contributed by atoms with E-state index in [0.717, 1.165) is 5.33 Å². The first-order valence-corrected chi connectivity index (χ1v) is 6.99. The molecule has 0 unspecified atom stereocenters. The maximum atomic E-state index is 3.55. The highest BCUT2D eigenvalue weighted by atomic mass is 79.9. The lowest BCUT2D eigenvalue weighted by atomic mass is 10.1. The van der Waals surface area contributed by atoms with Gasteiger partial charge in [0.15, 0.2) is 0 Å². The van der Waals surface area contributed by atoms with Crippen molar-refractivity contribution in [3.05, 3.63) is 23.4 Å². The Morgan fingerprint density at radius 1 is 1.20 bits per heavy atom. The second kappa shape index (κ2) is 3.72. The van der Waals surface area contributed by atoms with Crippen LogP contribution in [-0.2, 0) is 0 Å². The molecule has 0 atom stereocenters. The predicted octanol–water partition coefficient (Wildman–Crippen LogP) is 1.74. The highest BCUT2D eigenvalue weighted by Gasteiger charge is 2.41. The van der Waals surface area contributed by atoms with Gasteiger partial charge in [-0.2, -0.15) is 0 Å². The molecule has 4 aliphatic rings. The van der Waals surface area contributed by atoms with Crippen molar-refractivity contribution in [1.29, 1.82) is 0 Å². The van der Waals surface area contributed by atoms with Gasteiger partial charge >= 0.3 is 0 Å². The van der Waals surface area contributed by atoms with Crippen LogP contribution in [0.1, 0.15) is 6.42 Å². The molecular weight excluding hydrogens is 252 g/mol. The van der Waals surface area contributed by atoms with Gasteiger partial charge in [-0.15, -0.1) is 0 Å². The van der Waals surface area contributed by atoms with Crippen LogP contribution in [0.15, 0.2) is 23.4 Å². The summed E-state index contributed by atoms with van der Waals surface area (Å²) in [6, 6.07) is 0. The maximum absolute atomic E-state index is 3.55. The van der Waals surface area contributed by atoms with Crippen LogP contribution in [0, 0.1) is 0 Å². The third-order valence-electron chi connectivity index (χ3n) is 4.22. The van der Waals surface area contributed by atoms with E-state index >= 15 is 0 Å². The number of piperazine rings is 3. The van der Waals surface area contributed by atoms with E-state index in [1.54, 1.807) is 5.70 Å². The monoisotopic (exact) mass is 269 g/mol. The molecule has 0 aromatic carbocycles. The number of alkyl halides is 1. The van der Waals surface area contributed by atoms with E-state index in [9.17, 15) is 0 Å². The molecule has 1 aliphatic carbocycles. The molecular formula is C12H18BrN2+. The number of nitrogens with zero attached hydrogens (tertiary/aromatic N) is 2. The van der Waals surface area contributed by atoms with Gasteiger partial charge in [0.05, 0.1) is 19.6 Å². The summed E-state index contributed by atoms with van der Waals surface area (Å²) < 4.78 is 1.30. The first kappa shape index (κ1) is 10.1. The number of halogens is 1. The van der Waals surface area contributed by atoms with Crippen LogP contribution in [0.4, 0.5) is 0 Å². The summed E-state index contributed by atoms with van der Waals surface area (Å²) in [5, 5.41) is 1.02. The van der Waals surface area contributed by atoms with Gasteiger partial charge in [-0.25, -0.2) is 0 Å². The number of allylic oxidation sites excluding steroid dienone is 3. The van der Waals surface area contributed by atoms with Crippen molar-refractivity contribution in [3.63, 3.8) is 0 Å². The predicted molar refractivity (Wildman–Crippen MR) is 65.9 cm³/mol. The lowest BCUT2D eigenvalue weighted by Crippen LogP contribution is -2.66. The van der Waals surface area contributed by atoms with Crippen LogP contribution in [0.5, 0.6) is 0 Å². The molecule has 3 heteroatoms. The van der Waals surface area contributed by atoms with Crippen LogP contribution in [0.3, 0.4) is 0 Å². The average molecular weight is 270 g/mol. The quantitative estimate of drug-likeness (QED) is 0.546. The molecule has 0 saturated carbocycles. The Labute approximate surface area is 100.0 Å². The molecule has 3 fully saturated rings. The summed E-state index contributed by atoms with van der Waals surface area (Å²) in [4.78, 5) is 2.61. The zero-order valence-corrected chi connectivity index (χ0v) is 10.7. The summed E-state index contributed by atoms with van der Waals surface area (Å²) >= 11 is 3.55. The zero-order valence-electron chi connectivity index (χ0n) is 9.08. The van der Waals surface area contributed by atoms with Crippen molar-refractivity contribution < 1.29 is 4.48 Å². The number of rotatable bonds is 2.